The summed E-state index contributed by atoms with van der Waals surface area (Å²) in [4.78, 5) is 31.4. The topological polar surface area (TPSA) is 69.9 Å². The Morgan fingerprint density at radius 3 is 2.67 bits per heavy atom. The van der Waals surface area contributed by atoms with E-state index in [0.717, 1.165) is 55.5 Å². The third-order valence-corrected chi connectivity index (χ3v) is 10.5. The molecule has 2 atom stereocenters. The smallest absolute Gasteiger partial charge is 0.364 e. The molecule has 1 saturated carbocycles. The zero-order chi connectivity index (χ0) is 31.5. The molecule has 2 aromatic carbocycles. The van der Waals surface area contributed by atoms with Crippen LogP contribution in [0.1, 0.15) is 81.9 Å². The summed E-state index contributed by atoms with van der Waals surface area (Å²) in [5.41, 5.74) is 3.22. The molecular weight excluding hydrogens is 581 g/mol. The molecule has 2 amide bonds. The van der Waals surface area contributed by atoms with Crippen LogP contribution in [0.15, 0.2) is 59.8 Å². The van der Waals surface area contributed by atoms with Crippen LogP contribution in [0.2, 0.25) is 0 Å². The summed E-state index contributed by atoms with van der Waals surface area (Å²) < 4.78 is 48.7. The van der Waals surface area contributed by atoms with Gasteiger partial charge in [-0.2, -0.15) is 13.2 Å². The van der Waals surface area contributed by atoms with E-state index in [2.05, 4.69) is 16.6 Å². The van der Waals surface area contributed by atoms with Gasteiger partial charge in [0, 0.05) is 54.3 Å². The highest BCUT2D eigenvalue weighted by Crippen LogP contribution is 2.46. The number of fused-ring (bicyclic) bond motifs is 1. The average Bonchev–Trinajstić information content (AvgIpc) is 3.78. The van der Waals surface area contributed by atoms with Crippen LogP contribution in [-0.4, -0.2) is 52.9 Å². The summed E-state index contributed by atoms with van der Waals surface area (Å²) in [5.74, 6) is -0.103. The molecule has 236 valence electrons. The van der Waals surface area contributed by atoms with E-state index in [1.165, 1.54) is 17.0 Å². The predicted octanol–water partition coefficient (Wildman–Crippen LogP) is 6.70. The zero-order valence-corrected chi connectivity index (χ0v) is 25.4. The number of benzene rings is 2. The molecular formula is C35H37F3N4O3. The largest absolute Gasteiger partial charge is 0.416 e. The van der Waals surface area contributed by atoms with E-state index in [1.54, 1.807) is 23.3 Å². The molecule has 0 radical (unpaired) electrons. The number of alkyl halides is 3. The van der Waals surface area contributed by atoms with Gasteiger partial charge in [0.25, 0.3) is 5.91 Å². The number of aromatic nitrogens is 1. The van der Waals surface area contributed by atoms with Crippen LogP contribution in [0.3, 0.4) is 0 Å². The van der Waals surface area contributed by atoms with Crippen molar-refractivity contribution >= 4 is 17.5 Å². The summed E-state index contributed by atoms with van der Waals surface area (Å²) in [6, 6.07) is 10.5. The fraction of sp³-hybridized carbons (Fsp3) is 0.457. The maximum absolute atomic E-state index is 14.5. The number of amides is 2. The van der Waals surface area contributed by atoms with Crippen LogP contribution in [0.4, 0.5) is 18.9 Å². The first-order chi connectivity index (χ1) is 21.5. The van der Waals surface area contributed by atoms with E-state index in [9.17, 15) is 22.8 Å². The maximum atomic E-state index is 14.5. The van der Waals surface area contributed by atoms with Gasteiger partial charge in [-0.25, -0.2) is 0 Å². The molecule has 2 saturated heterocycles. The minimum atomic E-state index is -4.60. The Balaban J connectivity index is 1.15. The van der Waals surface area contributed by atoms with Crippen molar-refractivity contribution in [2.45, 2.75) is 64.2 Å². The SMILES string of the molecule is C=CC(=O)N1CC[C@]2(CCN(Cc3cc4c(c(C(F)(F)F)c3)CN(c3cccc([C@H](c5nocc5C)C5CCC5)c3)C4=O)C2)C1. The standard InChI is InChI=1S/C35H37F3N4O3/c1-3-30(43)41-13-11-34(21-41)10-12-40(20-34)17-23-14-27-28(29(15-23)35(36,37)38)18-42(33(27)44)26-9-5-8-25(16-26)31(24-6-4-7-24)32-22(2)19-45-39-32/h3,5,8-9,14-16,19,24,31H,1,4,6-7,10-13,17-18,20-21H2,2H3/t31-,34+/m1/s1. The summed E-state index contributed by atoms with van der Waals surface area (Å²) in [6.07, 6.45) is 3.39. The lowest BCUT2D eigenvalue weighted by Crippen LogP contribution is -2.33. The summed E-state index contributed by atoms with van der Waals surface area (Å²) in [6.45, 7) is 8.47. The Labute approximate surface area is 260 Å². The van der Waals surface area contributed by atoms with Gasteiger partial charge in [-0.15, -0.1) is 0 Å². The van der Waals surface area contributed by atoms with Gasteiger partial charge in [-0.05, 0) is 92.1 Å². The van der Waals surface area contributed by atoms with Crippen molar-refractivity contribution in [2.24, 2.45) is 11.3 Å². The molecule has 45 heavy (non-hydrogen) atoms. The fourth-order valence-electron chi connectivity index (χ4n) is 7.94. The van der Waals surface area contributed by atoms with Crippen LogP contribution in [0, 0.1) is 18.3 Å². The highest BCUT2D eigenvalue weighted by atomic mass is 19.4. The highest BCUT2D eigenvalue weighted by Gasteiger charge is 2.45. The maximum Gasteiger partial charge on any atom is 0.416 e. The number of rotatable bonds is 7. The molecule has 10 heteroatoms. The zero-order valence-electron chi connectivity index (χ0n) is 25.4. The van der Waals surface area contributed by atoms with Crippen molar-refractivity contribution in [3.8, 4) is 0 Å². The number of carbonyl (C=O) groups excluding carboxylic acids is 2. The number of aryl methyl sites for hydroxylation is 1. The third kappa shape index (κ3) is 5.37. The molecule has 7 rings (SSSR count). The molecule has 3 fully saturated rings. The van der Waals surface area contributed by atoms with Gasteiger partial charge in [0.05, 0.1) is 17.8 Å². The molecule has 1 aliphatic carbocycles. The van der Waals surface area contributed by atoms with E-state index in [1.807, 2.05) is 25.1 Å². The minimum absolute atomic E-state index is 0.000427. The van der Waals surface area contributed by atoms with Crippen molar-refractivity contribution in [3.05, 3.63) is 94.4 Å². The Hall–Kier alpha value is -3.92. The number of hydrogen-bond donors (Lipinski definition) is 0. The lowest BCUT2D eigenvalue weighted by molar-refractivity contribution is -0.138. The quantitative estimate of drug-likeness (QED) is 0.276. The van der Waals surface area contributed by atoms with Gasteiger partial charge >= 0.3 is 6.18 Å². The first-order valence-corrected chi connectivity index (χ1v) is 15.7. The van der Waals surface area contributed by atoms with Crippen LogP contribution < -0.4 is 4.90 Å². The van der Waals surface area contributed by atoms with Crippen LogP contribution >= 0.6 is 0 Å². The lowest BCUT2D eigenvalue weighted by atomic mass is 9.71. The Kier molecular flexibility index (Phi) is 7.38. The van der Waals surface area contributed by atoms with Crippen molar-refractivity contribution in [3.63, 3.8) is 0 Å². The predicted molar refractivity (Wildman–Crippen MR) is 163 cm³/mol. The van der Waals surface area contributed by atoms with Crippen LogP contribution in [-0.2, 0) is 24.1 Å². The molecule has 0 bridgehead atoms. The summed E-state index contributed by atoms with van der Waals surface area (Å²) in [5, 5.41) is 4.29. The molecule has 0 unspecified atom stereocenters. The Morgan fingerprint density at radius 2 is 1.98 bits per heavy atom. The molecule has 0 N–H and O–H groups in total. The Morgan fingerprint density at radius 1 is 1.18 bits per heavy atom. The number of carbonyl (C=O) groups is 2. The number of likely N-dealkylation sites (tertiary alicyclic amines) is 2. The van der Waals surface area contributed by atoms with Gasteiger partial charge in [0.2, 0.25) is 5.91 Å². The molecule has 3 aliphatic heterocycles. The highest BCUT2D eigenvalue weighted by molar-refractivity contribution is 6.10. The van der Waals surface area contributed by atoms with Gasteiger partial charge in [-0.1, -0.05) is 30.3 Å². The van der Waals surface area contributed by atoms with E-state index in [-0.39, 0.29) is 34.9 Å². The first kappa shape index (κ1) is 29.8. The average molecular weight is 619 g/mol. The Bertz CT molecular complexity index is 1660. The van der Waals surface area contributed by atoms with E-state index >= 15 is 0 Å². The monoisotopic (exact) mass is 618 g/mol. The number of halogens is 3. The van der Waals surface area contributed by atoms with Gasteiger partial charge < -0.3 is 14.3 Å². The molecule has 7 nitrogen and oxygen atoms in total. The van der Waals surface area contributed by atoms with Crippen LogP contribution in [0.25, 0.3) is 0 Å². The van der Waals surface area contributed by atoms with Gasteiger partial charge in [-0.3, -0.25) is 14.5 Å². The van der Waals surface area contributed by atoms with Crippen molar-refractivity contribution in [2.75, 3.05) is 31.1 Å². The first-order valence-electron chi connectivity index (χ1n) is 15.7. The van der Waals surface area contributed by atoms with E-state index in [4.69, 9.17) is 4.52 Å². The normalized spacial score (nSPS) is 22.7. The second kappa shape index (κ2) is 11.2. The number of anilines is 1. The van der Waals surface area contributed by atoms with Gasteiger partial charge in [0.1, 0.15) is 6.26 Å². The number of hydrogen-bond acceptors (Lipinski definition) is 5. The van der Waals surface area contributed by atoms with Crippen molar-refractivity contribution < 1.29 is 27.3 Å². The second-order valence-corrected chi connectivity index (χ2v) is 13.4. The van der Waals surface area contributed by atoms with Gasteiger partial charge in [0.15, 0.2) is 0 Å². The van der Waals surface area contributed by atoms with Crippen LogP contribution in [0.5, 0.6) is 0 Å². The van der Waals surface area contributed by atoms with E-state index < -0.39 is 17.6 Å². The van der Waals surface area contributed by atoms with E-state index in [0.29, 0.717) is 43.3 Å². The molecule has 4 aliphatic rings. The second-order valence-electron chi connectivity index (χ2n) is 13.4. The molecule has 1 spiro atoms. The summed E-state index contributed by atoms with van der Waals surface area (Å²) in [7, 11) is 0. The van der Waals surface area contributed by atoms with Crippen molar-refractivity contribution in [1.29, 1.82) is 0 Å². The third-order valence-electron chi connectivity index (χ3n) is 10.5. The minimum Gasteiger partial charge on any atom is -0.364 e. The molecule has 4 heterocycles. The van der Waals surface area contributed by atoms with Crippen molar-refractivity contribution in [1.82, 2.24) is 15.0 Å². The fourth-order valence-corrected chi connectivity index (χ4v) is 7.94. The summed E-state index contributed by atoms with van der Waals surface area (Å²) >= 11 is 0. The number of nitrogens with zero attached hydrogens (tertiary/aromatic N) is 4. The molecule has 1 aromatic heterocycles. The lowest BCUT2D eigenvalue weighted by Gasteiger charge is -2.33. The molecule has 3 aromatic rings.